The van der Waals surface area contributed by atoms with Gasteiger partial charge in [-0.05, 0) is 52.4 Å². The first kappa shape index (κ1) is 23.5. The van der Waals surface area contributed by atoms with E-state index in [9.17, 15) is 27.9 Å². The number of amides is 2. The van der Waals surface area contributed by atoms with Gasteiger partial charge in [0.1, 0.15) is 6.10 Å². The second kappa shape index (κ2) is 9.28. The van der Waals surface area contributed by atoms with Gasteiger partial charge in [-0.1, -0.05) is 42.5 Å². The Hall–Kier alpha value is -3.69. The number of rotatable bonds is 6. The second-order valence-corrected chi connectivity index (χ2v) is 8.71. The van der Waals surface area contributed by atoms with Gasteiger partial charge in [0.15, 0.2) is 0 Å². The molecule has 1 unspecified atom stereocenters. The normalized spacial score (nSPS) is 12.5. The molecule has 0 saturated heterocycles. The van der Waals surface area contributed by atoms with Crippen LogP contribution in [0.4, 0.5) is 13.2 Å². The van der Waals surface area contributed by atoms with Crippen LogP contribution >= 0.6 is 11.3 Å². The number of alkyl halides is 3. The van der Waals surface area contributed by atoms with Crippen molar-refractivity contribution in [1.29, 1.82) is 0 Å². The van der Waals surface area contributed by atoms with E-state index in [2.05, 4.69) is 5.32 Å². The Morgan fingerprint density at radius 2 is 1.74 bits per heavy atom. The first-order valence-electron chi connectivity index (χ1n) is 10.2. The Labute approximate surface area is 196 Å². The summed E-state index contributed by atoms with van der Waals surface area (Å²) in [6.45, 7) is -0.277. The van der Waals surface area contributed by atoms with Gasteiger partial charge < -0.3 is 16.2 Å². The number of hydrogen-bond donors (Lipinski definition) is 3. The lowest BCUT2D eigenvalue weighted by Gasteiger charge is -2.12. The number of nitrogens with two attached hydrogens (primary N) is 1. The highest BCUT2D eigenvalue weighted by atomic mass is 32.1. The van der Waals surface area contributed by atoms with Crippen LogP contribution in [0.25, 0.3) is 21.2 Å². The summed E-state index contributed by atoms with van der Waals surface area (Å²) < 4.78 is 40.1. The molecular formula is C25H19F3N2O3S. The van der Waals surface area contributed by atoms with Crippen LogP contribution in [0.1, 0.15) is 32.5 Å². The SMILES string of the molecule is NC(=O)CNC(=O)c1cccc(-c2cccc3cc(C(O)c4cccc(C(F)(F)F)c4)sc23)c1. The van der Waals surface area contributed by atoms with Crippen molar-refractivity contribution in [3.05, 3.63) is 94.4 Å². The third-order valence-electron chi connectivity index (χ3n) is 5.22. The van der Waals surface area contributed by atoms with Gasteiger partial charge in [0.05, 0.1) is 12.1 Å². The average molecular weight is 484 g/mol. The molecule has 4 aromatic rings. The molecule has 3 aromatic carbocycles. The summed E-state index contributed by atoms with van der Waals surface area (Å²) in [4.78, 5) is 23.7. The summed E-state index contributed by atoms with van der Waals surface area (Å²) in [5, 5.41) is 14.1. The highest BCUT2D eigenvalue weighted by molar-refractivity contribution is 7.19. The Morgan fingerprint density at radius 1 is 1.00 bits per heavy atom. The van der Waals surface area contributed by atoms with Crippen LogP contribution in [0.15, 0.2) is 72.8 Å². The van der Waals surface area contributed by atoms with Crippen molar-refractivity contribution in [2.45, 2.75) is 12.3 Å². The minimum atomic E-state index is -4.50. The van der Waals surface area contributed by atoms with Crippen LogP contribution in [-0.4, -0.2) is 23.5 Å². The highest BCUT2D eigenvalue weighted by Crippen LogP contribution is 2.40. The fourth-order valence-corrected chi connectivity index (χ4v) is 4.80. The molecule has 4 rings (SSSR count). The lowest BCUT2D eigenvalue weighted by molar-refractivity contribution is -0.137. The van der Waals surface area contributed by atoms with Crippen LogP contribution in [0.5, 0.6) is 0 Å². The molecule has 1 atom stereocenters. The third-order valence-corrected chi connectivity index (χ3v) is 6.46. The van der Waals surface area contributed by atoms with Crippen LogP contribution in [0.3, 0.4) is 0 Å². The van der Waals surface area contributed by atoms with E-state index in [1.165, 1.54) is 23.5 Å². The Balaban J connectivity index is 1.69. The number of benzene rings is 3. The largest absolute Gasteiger partial charge is 0.416 e. The molecule has 0 bridgehead atoms. The zero-order valence-corrected chi connectivity index (χ0v) is 18.4. The highest BCUT2D eigenvalue weighted by Gasteiger charge is 2.31. The van der Waals surface area contributed by atoms with Crippen molar-refractivity contribution in [3.8, 4) is 11.1 Å². The zero-order valence-electron chi connectivity index (χ0n) is 17.6. The van der Waals surface area contributed by atoms with Crippen molar-refractivity contribution in [2.24, 2.45) is 5.73 Å². The van der Waals surface area contributed by atoms with E-state index in [4.69, 9.17) is 5.73 Å². The van der Waals surface area contributed by atoms with E-state index in [1.54, 1.807) is 24.3 Å². The second-order valence-electron chi connectivity index (χ2n) is 7.63. The first-order valence-corrected chi connectivity index (χ1v) is 11.0. The lowest BCUT2D eigenvalue weighted by atomic mass is 10.0. The van der Waals surface area contributed by atoms with Gasteiger partial charge in [-0.25, -0.2) is 0 Å². The number of hydrogen-bond acceptors (Lipinski definition) is 4. The van der Waals surface area contributed by atoms with E-state index in [0.29, 0.717) is 10.4 Å². The summed E-state index contributed by atoms with van der Waals surface area (Å²) in [5.74, 6) is -1.10. The third kappa shape index (κ3) is 4.95. The van der Waals surface area contributed by atoms with Crippen LogP contribution in [0.2, 0.25) is 0 Å². The number of aliphatic hydroxyl groups excluding tert-OH is 1. The molecule has 0 radical (unpaired) electrons. The molecular weight excluding hydrogens is 465 g/mol. The quantitative estimate of drug-likeness (QED) is 0.364. The molecule has 1 aromatic heterocycles. The molecule has 0 spiro atoms. The summed E-state index contributed by atoms with van der Waals surface area (Å²) >= 11 is 1.27. The molecule has 174 valence electrons. The summed E-state index contributed by atoms with van der Waals surface area (Å²) in [7, 11) is 0. The number of thiophene rings is 1. The molecule has 2 amide bonds. The van der Waals surface area contributed by atoms with Gasteiger partial charge in [0, 0.05) is 15.1 Å². The zero-order chi connectivity index (χ0) is 24.5. The number of aliphatic hydroxyl groups is 1. The van der Waals surface area contributed by atoms with Gasteiger partial charge in [-0.15, -0.1) is 11.3 Å². The summed E-state index contributed by atoms with van der Waals surface area (Å²) in [6, 6.07) is 18.7. The van der Waals surface area contributed by atoms with Crippen molar-refractivity contribution in [2.75, 3.05) is 6.54 Å². The topological polar surface area (TPSA) is 92.4 Å². The molecule has 0 saturated carbocycles. The van der Waals surface area contributed by atoms with Gasteiger partial charge in [0.25, 0.3) is 5.91 Å². The van der Waals surface area contributed by atoms with E-state index in [-0.39, 0.29) is 12.1 Å². The Morgan fingerprint density at radius 3 is 2.47 bits per heavy atom. The molecule has 0 aliphatic rings. The maximum atomic E-state index is 13.1. The van der Waals surface area contributed by atoms with Gasteiger partial charge in [0.2, 0.25) is 5.91 Å². The smallest absolute Gasteiger partial charge is 0.383 e. The molecule has 9 heteroatoms. The number of carbonyl (C=O) groups is 2. The van der Waals surface area contributed by atoms with E-state index >= 15 is 0 Å². The van der Waals surface area contributed by atoms with Crippen molar-refractivity contribution < 1.29 is 27.9 Å². The molecule has 34 heavy (non-hydrogen) atoms. The average Bonchev–Trinajstić information content (AvgIpc) is 3.26. The predicted octanol–water partition coefficient (Wildman–Crippen LogP) is 4.88. The minimum absolute atomic E-state index is 0.149. The molecule has 0 aliphatic carbocycles. The number of nitrogens with one attached hydrogen (secondary N) is 1. The van der Waals surface area contributed by atoms with Crippen LogP contribution in [0, 0.1) is 0 Å². The summed E-state index contributed by atoms with van der Waals surface area (Å²) in [5.41, 5.74) is 6.28. The number of fused-ring (bicyclic) bond motifs is 1. The fraction of sp³-hybridized carbons (Fsp3) is 0.120. The molecule has 5 nitrogen and oxygen atoms in total. The molecule has 0 fully saturated rings. The van der Waals surface area contributed by atoms with E-state index in [1.807, 2.05) is 24.3 Å². The van der Waals surface area contributed by atoms with E-state index in [0.717, 1.165) is 33.3 Å². The maximum absolute atomic E-state index is 13.1. The first-order chi connectivity index (χ1) is 16.1. The lowest BCUT2D eigenvalue weighted by Crippen LogP contribution is -2.33. The number of primary amides is 1. The number of carbonyl (C=O) groups excluding carboxylic acids is 2. The van der Waals surface area contributed by atoms with Gasteiger partial charge >= 0.3 is 6.18 Å². The minimum Gasteiger partial charge on any atom is -0.383 e. The molecule has 4 N–H and O–H groups in total. The summed E-state index contributed by atoms with van der Waals surface area (Å²) in [6.07, 6.45) is -5.73. The Kier molecular flexibility index (Phi) is 6.41. The maximum Gasteiger partial charge on any atom is 0.416 e. The fourth-order valence-electron chi connectivity index (χ4n) is 3.59. The van der Waals surface area contributed by atoms with Crippen LogP contribution < -0.4 is 11.1 Å². The molecule has 0 aliphatic heterocycles. The Bertz CT molecular complexity index is 1380. The van der Waals surface area contributed by atoms with Gasteiger partial charge in [-0.3, -0.25) is 9.59 Å². The van der Waals surface area contributed by atoms with Crippen molar-refractivity contribution in [1.82, 2.24) is 5.32 Å². The predicted molar refractivity (Wildman–Crippen MR) is 124 cm³/mol. The van der Waals surface area contributed by atoms with Gasteiger partial charge in [-0.2, -0.15) is 13.2 Å². The molecule has 1 heterocycles. The van der Waals surface area contributed by atoms with E-state index < -0.39 is 29.7 Å². The number of halogens is 3. The standard InChI is InChI=1S/C25H19F3N2O3S/c26-25(27,28)18-8-2-5-15(11-18)22(32)20-12-16-6-3-9-19(23(16)34-20)14-4-1-7-17(10-14)24(33)30-13-21(29)31/h1-12,22,32H,13H2,(H2,29,31)(H,30,33). The van der Waals surface area contributed by atoms with Crippen molar-refractivity contribution >= 4 is 33.2 Å². The van der Waals surface area contributed by atoms with Crippen LogP contribution in [-0.2, 0) is 11.0 Å². The van der Waals surface area contributed by atoms with Crippen molar-refractivity contribution in [3.63, 3.8) is 0 Å². The monoisotopic (exact) mass is 484 g/mol.